The van der Waals surface area contributed by atoms with Crippen molar-refractivity contribution >= 4 is 41.2 Å². The van der Waals surface area contributed by atoms with Gasteiger partial charge in [0, 0.05) is 13.2 Å². The summed E-state index contributed by atoms with van der Waals surface area (Å²) in [5.74, 6) is -1.92. The first-order valence-corrected chi connectivity index (χ1v) is 7.64. The lowest BCUT2D eigenvalue weighted by Gasteiger charge is -2.09. The summed E-state index contributed by atoms with van der Waals surface area (Å²) in [5, 5.41) is 15.6. The van der Waals surface area contributed by atoms with Crippen LogP contribution in [0.2, 0.25) is 10.0 Å². The van der Waals surface area contributed by atoms with Gasteiger partial charge in [-0.1, -0.05) is 23.2 Å². The third kappa shape index (κ3) is 5.09. The number of halogens is 2. The molecule has 1 atom stereocenters. The Morgan fingerprint density at radius 2 is 2.04 bits per heavy atom. The van der Waals surface area contributed by atoms with E-state index < -0.39 is 11.8 Å². The lowest BCUT2D eigenvalue weighted by molar-refractivity contribution is -0.139. The summed E-state index contributed by atoms with van der Waals surface area (Å²) in [5.41, 5.74) is 2.55. The predicted molar refractivity (Wildman–Crippen MR) is 85.8 cm³/mol. The van der Waals surface area contributed by atoms with Crippen LogP contribution in [0.15, 0.2) is 17.2 Å². The number of phenols is 1. The van der Waals surface area contributed by atoms with Gasteiger partial charge in [0.05, 0.1) is 22.4 Å². The van der Waals surface area contributed by atoms with Crippen molar-refractivity contribution in [1.82, 2.24) is 10.7 Å². The lowest BCUT2D eigenvalue weighted by atomic mass is 10.2. The average molecular weight is 360 g/mol. The van der Waals surface area contributed by atoms with E-state index in [2.05, 4.69) is 15.8 Å². The van der Waals surface area contributed by atoms with E-state index in [0.717, 1.165) is 12.8 Å². The second kappa shape index (κ2) is 8.14. The molecule has 0 radical (unpaired) electrons. The second-order valence-corrected chi connectivity index (χ2v) is 5.69. The topological polar surface area (TPSA) is 100 Å². The number of rotatable bonds is 4. The summed E-state index contributed by atoms with van der Waals surface area (Å²) in [6.07, 6.45) is 3.02. The molecule has 0 aromatic heterocycles. The van der Waals surface area contributed by atoms with Gasteiger partial charge in [-0.05, 0) is 30.5 Å². The predicted octanol–water partition coefficient (Wildman–Crippen LogP) is 1.44. The molecule has 1 aliphatic heterocycles. The molecule has 124 valence electrons. The van der Waals surface area contributed by atoms with Crippen LogP contribution in [0.25, 0.3) is 0 Å². The van der Waals surface area contributed by atoms with Gasteiger partial charge in [0.25, 0.3) is 0 Å². The zero-order chi connectivity index (χ0) is 16.8. The summed E-state index contributed by atoms with van der Waals surface area (Å²) in [6.45, 7) is 0.966. The van der Waals surface area contributed by atoms with Crippen LogP contribution in [-0.2, 0) is 14.3 Å². The molecule has 2 rings (SSSR count). The molecule has 3 N–H and O–H groups in total. The van der Waals surface area contributed by atoms with Crippen molar-refractivity contribution in [1.29, 1.82) is 0 Å². The molecule has 0 aliphatic carbocycles. The number of aromatic hydroxyl groups is 1. The molecule has 1 aliphatic rings. The van der Waals surface area contributed by atoms with Crippen LogP contribution in [0.4, 0.5) is 0 Å². The molecule has 1 heterocycles. The first kappa shape index (κ1) is 17.5. The Morgan fingerprint density at radius 3 is 2.65 bits per heavy atom. The Balaban J connectivity index is 1.82. The van der Waals surface area contributed by atoms with Crippen molar-refractivity contribution in [3.8, 4) is 5.75 Å². The molecule has 0 bridgehead atoms. The maximum absolute atomic E-state index is 11.6. The zero-order valence-corrected chi connectivity index (χ0v) is 13.5. The number of hydrazone groups is 1. The molecule has 1 aromatic rings. The van der Waals surface area contributed by atoms with Crippen LogP contribution < -0.4 is 10.7 Å². The zero-order valence-electron chi connectivity index (χ0n) is 12.0. The summed E-state index contributed by atoms with van der Waals surface area (Å²) in [6, 6.07) is 2.83. The highest BCUT2D eigenvalue weighted by Crippen LogP contribution is 2.32. The van der Waals surface area contributed by atoms with Crippen molar-refractivity contribution in [3.05, 3.63) is 27.7 Å². The molecule has 0 unspecified atom stereocenters. The van der Waals surface area contributed by atoms with Gasteiger partial charge in [-0.25, -0.2) is 5.43 Å². The van der Waals surface area contributed by atoms with E-state index in [9.17, 15) is 14.7 Å². The summed E-state index contributed by atoms with van der Waals surface area (Å²) < 4.78 is 5.33. The van der Waals surface area contributed by atoms with Crippen molar-refractivity contribution in [2.75, 3.05) is 13.2 Å². The number of hydrogen-bond donors (Lipinski definition) is 3. The van der Waals surface area contributed by atoms with Gasteiger partial charge in [-0.2, -0.15) is 5.10 Å². The van der Waals surface area contributed by atoms with Crippen LogP contribution in [0, 0.1) is 0 Å². The second-order valence-electron chi connectivity index (χ2n) is 4.88. The SMILES string of the molecule is O=C(NC[C@@H]1CCCO1)C(=O)N/N=C/c1cc(Cl)c(O)c(Cl)c1. The molecule has 2 amide bonds. The fourth-order valence-corrected chi connectivity index (χ4v) is 2.47. The standard InChI is InChI=1S/C14H15Cl2N3O4/c15-10-4-8(5-11(16)12(10)20)6-18-19-14(22)13(21)17-7-9-2-1-3-23-9/h4-6,9,20H,1-3,7H2,(H,17,21)(H,19,22)/b18-6+/t9-/m0/s1. The number of carbonyl (C=O) groups is 2. The van der Waals surface area contributed by atoms with Crippen LogP contribution in [0.3, 0.4) is 0 Å². The monoisotopic (exact) mass is 359 g/mol. The summed E-state index contributed by atoms with van der Waals surface area (Å²) in [4.78, 5) is 23.1. The minimum absolute atomic E-state index is 0.0449. The number of phenolic OH excluding ortho intramolecular Hbond substituents is 1. The van der Waals surface area contributed by atoms with Crippen molar-refractivity contribution in [2.24, 2.45) is 5.10 Å². The largest absolute Gasteiger partial charge is 0.505 e. The fraction of sp³-hybridized carbons (Fsp3) is 0.357. The molecule has 23 heavy (non-hydrogen) atoms. The van der Waals surface area contributed by atoms with E-state index in [0.29, 0.717) is 18.7 Å². The number of carbonyl (C=O) groups excluding carboxylic acids is 2. The number of nitrogens with zero attached hydrogens (tertiary/aromatic N) is 1. The first-order chi connectivity index (χ1) is 11.0. The van der Waals surface area contributed by atoms with Gasteiger partial charge in [-0.15, -0.1) is 0 Å². The Labute approximate surface area is 142 Å². The Hall–Kier alpha value is -1.83. The van der Waals surface area contributed by atoms with E-state index >= 15 is 0 Å². The Kier molecular flexibility index (Phi) is 6.20. The summed E-state index contributed by atoms with van der Waals surface area (Å²) >= 11 is 11.5. The summed E-state index contributed by atoms with van der Waals surface area (Å²) in [7, 11) is 0. The molecular formula is C14H15Cl2N3O4. The molecule has 1 fully saturated rings. The van der Waals surface area contributed by atoms with Crippen molar-refractivity contribution in [3.63, 3.8) is 0 Å². The lowest BCUT2D eigenvalue weighted by Crippen LogP contribution is -2.41. The molecular weight excluding hydrogens is 345 g/mol. The number of nitrogens with one attached hydrogen (secondary N) is 2. The average Bonchev–Trinajstić information content (AvgIpc) is 3.03. The minimum atomic E-state index is -0.893. The molecule has 7 nitrogen and oxygen atoms in total. The van der Waals surface area contributed by atoms with E-state index in [1.807, 2.05) is 0 Å². The van der Waals surface area contributed by atoms with E-state index in [1.54, 1.807) is 0 Å². The maximum Gasteiger partial charge on any atom is 0.329 e. The normalized spacial score (nSPS) is 17.4. The third-order valence-electron chi connectivity index (χ3n) is 3.14. The van der Waals surface area contributed by atoms with Gasteiger partial charge < -0.3 is 15.2 Å². The van der Waals surface area contributed by atoms with Crippen molar-refractivity contribution in [2.45, 2.75) is 18.9 Å². The smallest absolute Gasteiger partial charge is 0.329 e. The first-order valence-electron chi connectivity index (χ1n) is 6.88. The van der Waals surface area contributed by atoms with Crippen LogP contribution >= 0.6 is 23.2 Å². The van der Waals surface area contributed by atoms with Crippen LogP contribution in [-0.4, -0.2) is 42.4 Å². The molecule has 0 saturated carbocycles. The van der Waals surface area contributed by atoms with E-state index in [-0.39, 0.29) is 21.9 Å². The molecule has 1 saturated heterocycles. The quantitative estimate of drug-likeness (QED) is 0.430. The van der Waals surface area contributed by atoms with Gasteiger partial charge in [-0.3, -0.25) is 9.59 Å². The number of hydrogen-bond acceptors (Lipinski definition) is 5. The van der Waals surface area contributed by atoms with Gasteiger partial charge in [0.2, 0.25) is 0 Å². The van der Waals surface area contributed by atoms with E-state index in [4.69, 9.17) is 27.9 Å². The highest BCUT2D eigenvalue weighted by atomic mass is 35.5. The Morgan fingerprint density at radius 1 is 1.35 bits per heavy atom. The molecule has 1 aromatic carbocycles. The van der Waals surface area contributed by atoms with Crippen LogP contribution in [0.1, 0.15) is 18.4 Å². The third-order valence-corrected chi connectivity index (χ3v) is 3.72. The Bertz CT molecular complexity index is 607. The van der Waals surface area contributed by atoms with Crippen LogP contribution in [0.5, 0.6) is 5.75 Å². The highest BCUT2D eigenvalue weighted by molar-refractivity contribution is 6.37. The minimum Gasteiger partial charge on any atom is -0.505 e. The van der Waals surface area contributed by atoms with Gasteiger partial charge in [0.1, 0.15) is 0 Å². The van der Waals surface area contributed by atoms with Crippen molar-refractivity contribution < 1.29 is 19.4 Å². The molecule has 0 spiro atoms. The van der Waals surface area contributed by atoms with E-state index in [1.165, 1.54) is 18.3 Å². The van der Waals surface area contributed by atoms with Gasteiger partial charge in [0.15, 0.2) is 5.75 Å². The number of amides is 2. The number of ether oxygens (including phenoxy) is 1. The molecule has 9 heteroatoms. The maximum atomic E-state index is 11.6. The number of benzene rings is 1. The fourth-order valence-electron chi connectivity index (χ4n) is 1.97. The highest BCUT2D eigenvalue weighted by Gasteiger charge is 2.18. The van der Waals surface area contributed by atoms with Gasteiger partial charge >= 0.3 is 11.8 Å².